The molecule has 0 aromatic heterocycles. The third-order valence-corrected chi connectivity index (χ3v) is 6.26. The number of carbonyl (C=O) groups excluding carboxylic acids is 2. The van der Waals surface area contributed by atoms with Gasteiger partial charge in [0.1, 0.15) is 0 Å². The van der Waals surface area contributed by atoms with Crippen LogP contribution in [0, 0.1) is 22.7 Å². The van der Waals surface area contributed by atoms with E-state index in [2.05, 4.69) is 43.6 Å². The highest BCUT2D eigenvalue weighted by molar-refractivity contribution is 6.00. The Labute approximate surface area is 172 Å². The highest BCUT2D eigenvalue weighted by atomic mass is 16.2. The van der Waals surface area contributed by atoms with Gasteiger partial charge in [0.25, 0.3) is 0 Å². The molecule has 2 aliphatic carbocycles. The quantitative estimate of drug-likeness (QED) is 0.617. The maximum atomic E-state index is 12.7. The number of amides is 2. The molecule has 0 spiro atoms. The lowest BCUT2D eigenvalue weighted by Crippen LogP contribution is -2.19. The number of anilines is 4. The fourth-order valence-corrected chi connectivity index (χ4v) is 3.79. The predicted octanol–water partition coefficient (Wildman–Crippen LogP) is 5.40. The predicted molar refractivity (Wildman–Crippen MR) is 117 cm³/mol. The second kappa shape index (κ2) is 6.90. The van der Waals surface area contributed by atoms with Crippen molar-refractivity contribution < 1.29 is 9.59 Å². The summed E-state index contributed by atoms with van der Waals surface area (Å²) in [4.78, 5) is 25.2. The Balaban J connectivity index is 1.55. The zero-order chi connectivity index (χ0) is 20.8. The molecule has 2 fully saturated rings. The van der Waals surface area contributed by atoms with Crippen molar-refractivity contribution in [2.75, 3.05) is 16.0 Å². The SMILES string of the molecule is CC1(C)CC1C(=O)Nc1ccc(Nc2ccccc2)c(NC(=O)C2CC2(C)C)c1. The fraction of sp³-hybridized carbons (Fsp3) is 0.417. The minimum atomic E-state index is 0.0255. The highest BCUT2D eigenvalue weighted by Crippen LogP contribution is 2.53. The molecule has 152 valence electrons. The zero-order valence-electron chi connectivity index (χ0n) is 17.5. The van der Waals surface area contributed by atoms with Gasteiger partial charge >= 0.3 is 0 Å². The molecule has 2 aromatic carbocycles. The maximum absolute atomic E-state index is 12.7. The van der Waals surface area contributed by atoms with E-state index in [1.54, 1.807) is 0 Å². The second-order valence-corrected chi connectivity index (χ2v) is 9.72. The molecule has 0 aliphatic heterocycles. The van der Waals surface area contributed by atoms with E-state index >= 15 is 0 Å². The maximum Gasteiger partial charge on any atom is 0.228 e. The van der Waals surface area contributed by atoms with Crippen molar-refractivity contribution in [3.8, 4) is 0 Å². The lowest BCUT2D eigenvalue weighted by Gasteiger charge is -2.16. The van der Waals surface area contributed by atoms with Crippen LogP contribution in [0.25, 0.3) is 0 Å². The first-order chi connectivity index (χ1) is 13.7. The first kappa shape index (κ1) is 19.5. The topological polar surface area (TPSA) is 70.2 Å². The van der Waals surface area contributed by atoms with Crippen molar-refractivity contribution in [1.82, 2.24) is 0 Å². The number of hydrogen-bond donors (Lipinski definition) is 3. The molecule has 2 amide bonds. The van der Waals surface area contributed by atoms with E-state index in [0.29, 0.717) is 11.4 Å². The summed E-state index contributed by atoms with van der Waals surface area (Å²) in [6, 6.07) is 15.4. The highest BCUT2D eigenvalue weighted by Gasteiger charge is 2.51. The van der Waals surface area contributed by atoms with Gasteiger partial charge in [-0.1, -0.05) is 45.9 Å². The standard InChI is InChI=1S/C24H29N3O2/c1-23(2)13-17(23)21(28)26-16-10-11-19(25-15-8-6-5-7-9-15)20(12-16)27-22(29)18-14-24(18,3)4/h5-12,17-18,25H,13-14H2,1-4H3,(H,26,28)(H,27,29). The van der Waals surface area contributed by atoms with Gasteiger partial charge in [-0.2, -0.15) is 0 Å². The molecule has 2 atom stereocenters. The van der Waals surface area contributed by atoms with Crippen molar-refractivity contribution in [1.29, 1.82) is 0 Å². The van der Waals surface area contributed by atoms with E-state index in [9.17, 15) is 9.59 Å². The number of para-hydroxylation sites is 1. The number of carbonyl (C=O) groups is 2. The van der Waals surface area contributed by atoms with Crippen LogP contribution in [0.2, 0.25) is 0 Å². The van der Waals surface area contributed by atoms with Gasteiger partial charge in [-0.3, -0.25) is 9.59 Å². The lowest BCUT2D eigenvalue weighted by molar-refractivity contribution is -0.118. The van der Waals surface area contributed by atoms with E-state index in [4.69, 9.17) is 0 Å². The van der Waals surface area contributed by atoms with Crippen LogP contribution in [0.15, 0.2) is 48.5 Å². The summed E-state index contributed by atoms with van der Waals surface area (Å²) in [5.74, 6) is 0.143. The van der Waals surface area contributed by atoms with Crippen molar-refractivity contribution in [2.45, 2.75) is 40.5 Å². The normalized spacial score (nSPS) is 23.0. The van der Waals surface area contributed by atoms with Crippen LogP contribution in [0.5, 0.6) is 0 Å². The minimum absolute atomic E-state index is 0.0255. The molecular formula is C24H29N3O2. The van der Waals surface area contributed by atoms with Gasteiger partial charge in [-0.25, -0.2) is 0 Å². The summed E-state index contributed by atoms with van der Waals surface area (Å²) >= 11 is 0. The summed E-state index contributed by atoms with van der Waals surface area (Å²) in [5, 5.41) is 9.44. The van der Waals surface area contributed by atoms with Gasteiger partial charge in [-0.15, -0.1) is 0 Å². The van der Waals surface area contributed by atoms with Crippen molar-refractivity contribution >= 4 is 34.6 Å². The van der Waals surface area contributed by atoms with E-state index in [0.717, 1.165) is 24.2 Å². The van der Waals surface area contributed by atoms with E-state index in [-0.39, 0.29) is 34.5 Å². The molecule has 0 saturated heterocycles. The molecule has 4 rings (SSSR count). The van der Waals surface area contributed by atoms with Crippen LogP contribution >= 0.6 is 0 Å². The molecule has 2 aliphatic rings. The fourth-order valence-electron chi connectivity index (χ4n) is 3.79. The first-order valence-corrected chi connectivity index (χ1v) is 10.2. The molecule has 0 heterocycles. The number of benzene rings is 2. The summed E-state index contributed by atoms with van der Waals surface area (Å²) in [5.41, 5.74) is 3.24. The molecule has 2 saturated carbocycles. The van der Waals surface area contributed by atoms with E-state index in [1.807, 2.05) is 48.5 Å². The van der Waals surface area contributed by atoms with Crippen LogP contribution < -0.4 is 16.0 Å². The number of hydrogen-bond acceptors (Lipinski definition) is 3. The average molecular weight is 392 g/mol. The van der Waals surface area contributed by atoms with Gasteiger partial charge in [0.2, 0.25) is 11.8 Å². The molecular weight excluding hydrogens is 362 g/mol. The second-order valence-electron chi connectivity index (χ2n) is 9.72. The molecule has 5 nitrogen and oxygen atoms in total. The van der Waals surface area contributed by atoms with Gasteiger partial charge in [-0.05, 0) is 54.0 Å². The van der Waals surface area contributed by atoms with Crippen LogP contribution in [0.1, 0.15) is 40.5 Å². The lowest BCUT2D eigenvalue weighted by atomic mass is 10.1. The van der Waals surface area contributed by atoms with Crippen LogP contribution in [-0.4, -0.2) is 11.8 Å². The van der Waals surface area contributed by atoms with Crippen molar-refractivity contribution in [2.24, 2.45) is 22.7 Å². The number of rotatable bonds is 6. The molecule has 2 unspecified atom stereocenters. The third kappa shape index (κ3) is 4.29. The summed E-state index contributed by atoms with van der Waals surface area (Å²) in [7, 11) is 0. The van der Waals surface area contributed by atoms with Gasteiger partial charge in [0.15, 0.2) is 0 Å². The Hall–Kier alpha value is -2.82. The molecule has 2 aromatic rings. The Morgan fingerprint density at radius 1 is 0.759 bits per heavy atom. The first-order valence-electron chi connectivity index (χ1n) is 10.2. The Morgan fingerprint density at radius 3 is 1.86 bits per heavy atom. The molecule has 5 heteroatoms. The van der Waals surface area contributed by atoms with Crippen molar-refractivity contribution in [3.63, 3.8) is 0 Å². The summed E-state index contributed by atoms with van der Waals surface area (Å²) in [6.07, 6.45) is 1.81. The molecule has 3 N–H and O–H groups in total. The molecule has 29 heavy (non-hydrogen) atoms. The Morgan fingerprint density at radius 2 is 1.31 bits per heavy atom. The molecule has 0 bridgehead atoms. The summed E-state index contributed by atoms with van der Waals surface area (Å²) < 4.78 is 0. The number of nitrogens with one attached hydrogen (secondary N) is 3. The smallest absolute Gasteiger partial charge is 0.228 e. The Kier molecular flexibility index (Phi) is 4.64. The van der Waals surface area contributed by atoms with Crippen LogP contribution in [0.4, 0.5) is 22.7 Å². The van der Waals surface area contributed by atoms with Crippen LogP contribution in [0.3, 0.4) is 0 Å². The van der Waals surface area contributed by atoms with E-state index < -0.39 is 0 Å². The van der Waals surface area contributed by atoms with E-state index in [1.165, 1.54) is 0 Å². The minimum Gasteiger partial charge on any atom is -0.354 e. The van der Waals surface area contributed by atoms with Gasteiger partial charge in [0.05, 0.1) is 11.4 Å². The third-order valence-electron chi connectivity index (χ3n) is 6.26. The average Bonchev–Trinajstić information content (AvgIpc) is 3.51. The van der Waals surface area contributed by atoms with Crippen LogP contribution in [-0.2, 0) is 9.59 Å². The monoisotopic (exact) mass is 391 g/mol. The van der Waals surface area contributed by atoms with Gasteiger partial charge < -0.3 is 16.0 Å². The molecule has 0 radical (unpaired) electrons. The van der Waals surface area contributed by atoms with Crippen molar-refractivity contribution in [3.05, 3.63) is 48.5 Å². The zero-order valence-corrected chi connectivity index (χ0v) is 17.5. The van der Waals surface area contributed by atoms with Gasteiger partial charge in [0, 0.05) is 23.2 Å². The largest absolute Gasteiger partial charge is 0.354 e. The summed E-state index contributed by atoms with van der Waals surface area (Å²) in [6.45, 7) is 8.42. The Bertz CT molecular complexity index is 950.